The third-order valence-corrected chi connectivity index (χ3v) is 6.14. The van der Waals surface area contributed by atoms with Gasteiger partial charge in [0.25, 0.3) is 5.91 Å². The molecule has 2 aromatic carbocycles. The third kappa shape index (κ3) is 6.41. The maximum Gasteiger partial charge on any atom is 0.490 e. The Morgan fingerprint density at radius 1 is 1.18 bits per heavy atom. The van der Waals surface area contributed by atoms with Gasteiger partial charge in [0.15, 0.2) is 5.78 Å². The van der Waals surface area contributed by atoms with Crippen LogP contribution in [0.2, 0.25) is 0 Å². The molecule has 0 radical (unpaired) electrons. The Hall–Kier alpha value is -4.42. The van der Waals surface area contributed by atoms with Gasteiger partial charge in [-0.2, -0.15) is 13.2 Å². The molecule has 0 aliphatic carbocycles. The van der Waals surface area contributed by atoms with Crippen LogP contribution in [0.25, 0.3) is 11.0 Å². The molecule has 4 rings (SSSR count). The highest BCUT2D eigenvalue weighted by Crippen LogP contribution is 2.32. The van der Waals surface area contributed by atoms with Crippen molar-refractivity contribution in [1.29, 1.82) is 5.41 Å². The maximum absolute atomic E-state index is 13.3. The number of carboxylic acids is 1. The monoisotopic (exact) mass is 561 g/mol. The molecule has 10 nitrogen and oxygen atoms in total. The van der Waals surface area contributed by atoms with Gasteiger partial charge in [-0.1, -0.05) is 20.8 Å². The standard InChI is InChI=1S/C25H29N5O3.C2HF3O2/c1-6-33-21-9-15-11-30(23(26)16(15)10-17(21)24(32)27-5)12-20(31)14-7-18(25(2,3)4)22-19(8-14)28-13-29-22;3-2(4,5)1(6)7/h7-10,13,26H,6,11-12H2,1-5H3,(H,27,32)(H,28,29);(H,6,7). The largest absolute Gasteiger partial charge is 0.493 e. The maximum atomic E-state index is 13.3. The fourth-order valence-corrected chi connectivity index (χ4v) is 4.20. The van der Waals surface area contributed by atoms with E-state index in [4.69, 9.17) is 20.0 Å². The molecule has 214 valence electrons. The topological polar surface area (TPSA) is 148 Å². The summed E-state index contributed by atoms with van der Waals surface area (Å²) in [5, 5.41) is 18.4. The number of Topliss-reactive ketones (excluding diaryl/α,β-unsaturated/α-hetero) is 1. The van der Waals surface area contributed by atoms with Crippen LogP contribution in [-0.4, -0.2) is 69.8 Å². The van der Waals surface area contributed by atoms with Crippen molar-refractivity contribution < 1.29 is 37.4 Å². The van der Waals surface area contributed by atoms with Crippen LogP contribution < -0.4 is 10.1 Å². The Morgan fingerprint density at radius 3 is 2.38 bits per heavy atom. The number of carbonyl (C=O) groups is 3. The molecule has 13 heteroatoms. The molecule has 3 aromatic rings. The lowest BCUT2D eigenvalue weighted by atomic mass is 9.84. The summed E-state index contributed by atoms with van der Waals surface area (Å²) in [5.74, 6) is -2.40. The second-order valence-corrected chi connectivity index (χ2v) is 10.0. The van der Waals surface area contributed by atoms with Crippen molar-refractivity contribution in [2.45, 2.75) is 45.8 Å². The van der Waals surface area contributed by atoms with Crippen molar-refractivity contribution in [3.05, 3.63) is 58.4 Å². The summed E-state index contributed by atoms with van der Waals surface area (Å²) in [6.45, 7) is 9.04. The van der Waals surface area contributed by atoms with Gasteiger partial charge in [0, 0.05) is 24.7 Å². The van der Waals surface area contributed by atoms with Crippen LogP contribution in [-0.2, 0) is 16.8 Å². The first-order chi connectivity index (χ1) is 18.6. The minimum atomic E-state index is -5.08. The molecule has 0 saturated heterocycles. The van der Waals surface area contributed by atoms with E-state index in [1.807, 2.05) is 19.1 Å². The smallest absolute Gasteiger partial charge is 0.490 e. The van der Waals surface area contributed by atoms with Gasteiger partial charge >= 0.3 is 12.1 Å². The number of nitrogens with one attached hydrogen (secondary N) is 3. The first kappa shape index (κ1) is 30.1. The van der Waals surface area contributed by atoms with Crippen LogP contribution in [0, 0.1) is 5.41 Å². The van der Waals surface area contributed by atoms with Crippen molar-refractivity contribution in [2.75, 3.05) is 20.2 Å². The number of hydrogen-bond acceptors (Lipinski definition) is 6. The summed E-state index contributed by atoms with van der Waals surface area (Å²) in [6.07, 6.45) is -3.44. The van der Waals surface area contributed by atoms with Crippen molar-refractivity contribution in [1.82, 2.24) is 20.2 Å². The van der Waals surface area contributed by atoms with E-state index in [9.17, 15) is 22.8 Å². The predicted molar refractivity (Wildman–Crippen MR) is 141 cm³/mol. The lowest BCUT2D eigenvalue weighted by molar-refractivity contribution is -0.192. The number of hydrogen-bond donors (Lipinski definition) is 4. The minimum Gasteiger partial charge on any atom is -0.493 e. The number of aromatic amines is 1. The summed E-state index contributed by atoms with van der Waals surface area (Å²) < 4.78 is 37.4. The molecule has 1 aliphatic rings. The molecule has 2 heterocycles. The van der Waals surface area contributed by atoms with Gasteiger partial charge in [-0.15, -0.1) is 0 Å². The summed E-state index contributed by atoms with van der Waals surface area (Å²) in [4.78, 5) is 43.8. The van der Waals surface area contributed by atoms with E-state index in [2.05, 4.69) is 36.1 Å². The molecule has 0 bridgehead atoms. The fourth-order valence-electron chi connectivity index (χ4n) is 4.20. The van der Waals surface area contributed by atoms with Crippen LogP contribution in [0.5, 0.6) is 5.75 Å². The number of imidazole rings is 1. The van der Waals surface area contributed by atoms with Gasteiger partial charge in [0.2, 0.25) is 0 Å². The number of H-pyrrole nitrogens is 1. The number of rotatable bonds is 6. The molecular weight excluding hydrogens is 531 g/mol. The summed E-state index contributed by atoms with van der Waals surface area (Å²) in [6, 6.07) is 7.22. The number of amides is 1. The Bertz CT molecular complexity index is 1470. The highest BCUT2D eigenvalue weighted by molar-refractivity contribution is 6.08. The number of nitrogens with zero attached hydrogens (tertiary/aromatic N) is 2. The SMILES string of the molecule is CCOc1cc2c(cc1C(=O)NC)C(=N)N(CC(=O)c1cc(C(C)(C)C)c3nc[nH]c3c1)C2.O=C(O)C(F)(F)F. The Labute approximate surface area is 228 Å². The fraction of sp³-hybridized carbons (Fsp3) is 0.370. The predicted octanol–water partition coefficient (Wildman–Crippen LogP) is 4.28. The third-order valence-electron chi connectivity index (χ3n) is 6.14. The number of ketones is 1. The summed E-state index contributed by atoms with van der Waals surface area (Å²) in [7, 11) is 1.56. The normalized spacial score (nSPS) is 13.0. The van der Waals surface area contributed by atoms with Crippen molar-refractivity contribution in [3.8, 4) is 5.75 Å². The van der Waals surface area contributed by atoms with E-state index in [1.54, 1.807) is 30.4 Å². The van der Waals surface area contributed by atoms with E-state index in [0.717, 1.165) is 22.2 Å². The molecule has 1 aromatic heterocycles. The highest BCUT2D eigenvalue weighted by Gasteiger charge is 2.38. The van der Waals surface area contributed by atoms with Crippen molar-refractivity contribution in [2.24, 2.45) is 0 Å². The van der Waals surface area contributed by atoms with Gasteiger partial charge in [-0.3, -0.25) is 15.0 Å². The number of benzene rings is 2. The number of carbonyl (C=O) groups excluding carboxylic acids is 2. The molecule has 1 amide bonds. The average molecular weight is 562 g/mol. The van der Waals surface area contributed by atoms with E-state index < -0.39 is 12.1 Å². The van der Waals surface area contributed by atoms with Crippen LogP contribution >= 0.6 is 0 Å². The molecule has 1 aliphatic heterocycles. The molecule has 0 fully saturated rings. The van der Waals surface area contributed by atoms with Crippen molar-refractivity contribution >= 4 is 34.5 Å². The Morgan fingerprint density at radius 2 is 1.82 bits per heavy atom. The number of fused-ring (bicyclic) bond motifs is 2. The van der Waals surface area contributed by atoms with Crippen LogP contribution in [0.15, 0.2) is 30.6 Å². The van der Waals surface area contributed by atoms with Gasteiger partial charge in [0.05, 0.1) is 36.1 Å². The average Bonchev–Trinajstić information content (AvgIpc) is 3.46. The number of halogens is 3. The lowest BCUT2D eigenvalue weighted by Crippen LogP contribution is -2.30. The molecule has 0 atom stereocenters. The molecule has 4 N–H and O–H groups in total. The van der Waals surface area contributed by atoms with Gasteiger partial charge < -0.3 is 25.0 Å². The molecule has 40 heavy (non-hydrogen) atoms. The second-order valence-electron chi connectivity index (χ2n) is 10.0. The summed E-state index contributed by atoms with van der Waals surface area (Å²) >= 11 is 0. The van der Waals surface area contributed by atoms with Gasteiger partial charge in [-0.05, 0) is 47.7 Å². The molecule has 0 spiro atoms. The zero-order valence-electron chi connectivity index (χ0n) is 22.6. The van der Waals surface area contributed by atoms with Gasteiger partial charge in [-0.25, -0.2) is 9.78 Å². The second kappa shape index (κ2) is 11.4. The first-order valence-corrected chi connectivity index (χ1v) is 12.2. The quantitative estimate of drug-likeness (QED) is 0.328. The number of aromatic nitrogens is 2. The summed E-state index contributed by atoms with van der Waals surface area (Å²) in [5.41, 5.74) is 4.99. The lowest BCUT2D eigenvalue weighted by Gasteiger charge is -2.21. The number of amidine groups is 1. The Balaban J connectivity index is 0.000000559. The number of aliphatic carboxylic acids is 1. The Kier molecular flexibility index (Phi) is 8.56. The molecule has 0 unspecified atom stereocenters. The first-order valence-electron chi connectivity index (χ1n) is 12.2. The zero-order chi connectivity index (χ0) is 30.0. The van der Waals surface area contributed by atoms with Crippen molar-refractivity contribution in [3.63, 3.8) is 0 Å². The minimum absolute atomic E-state index is 0.0655. The van der Waals surface area contributed by atoms with E-state index in [1.165, 1.54) is 0 Å². The van der Waals surface area contributed by atoms with E-state index >= 15 is 0 Å². The van der Waals surface area contributed by atoms with Crippen LogP contribution in [0.4, 0.5) is 13.2 Å². The number of carboxylic acid groups (broad SMARTS) is 1. The van der Waals surface area contributed by atoms with Gasteiger partial charge in [0.1, 0.15) is 11.6 Å². The van der Waals surface area contributed by atoms with Crippen LogP contribution in [0.3, 0.4) is 0 Å². The van der Waals surface area contributed by atoms with E-state index in [0.29, 0.717) is 35.6 Å². The highest BCUT2D eigenvalue weighted by atomic mass is 19.4. The zero-order valence-corrected chi connectivity index (χ0v) is 22.6. The van der Waals surface area contributed by atoms with Crippen LogP contribution in [0.1, 0.15) is 65.1 Å². The number of alkyl halides is 3. The number of ether oxygens (including phenoxy) is 1. The molecule has 0 saturated carbocycles. The molecular formula is C27H30F3N5O5. The van der Waals surface area contributed by atoms with E-state index in [-0.39, 0.29) is 29.5 Å².